The van der Waals surface area contributed by atoms with Gasteiger partial charge < -0.3 is 14.8 Å². The molecule has 0 amide bonds. The van der Waals surface area contributed by atoms with Gasteiger partial charge in [0.05, 0.1) is 17.5 Å². The molecule has 0 bridgehead atoms. The number of carbonyl (C=O) groups is 2. The van der Waals surface area contributed by atoms with Crippen molar-refractivity contribution in [3.05, 3.63) is 113 Å². The Morgan fingerprint density at radius 1 is 0.732 bits per heavy atom. The highest BCUT2D eigenvalue weighted by molar-refractivity contribution is 7.89. The summed E-state index contributed by atoms with van der Waals surface area (Å²) in [5.41, 5.74) is 2.56. The van der Waals surface area contributed by atoms with Crippen LogP contribution in [0, 0.1) is 0 Å². The number of carbonyl (C=O) groups excluding carboxylic acids is 2. The van der Waals surface area contributed by atoms with Crippen LogP contribution in [0.4, 0.5) is 0 Å². The zero-order chi connectivity index (χ0) is 28.7. The normalized spacial score (nSPS) is 14.0. The minimum Gasteiger partial charge on any atom is -0.396 e. The maximum Gasteiger partial charge on any atom is 0.243 e. The summed E-state index contributed by atoms with van der Waals surface area (Å²) in [6.07, 6.45) is -0.910. The maximum atomic E-state index is 13.9. The van der Waals surface area contributed by atoms with E-state index in [1.54, 1.807) is 24.3 Å². The Balaban J connectivity index is 1.32. The van der Waals surface area contributed by atoms with E-state index in [1.165, 1.54) is 18.2 Å². The maximum absolute atomic E-state index is 13.9. The number of aliphatic hydroxyl groups excluding tert-OH is 2. The molecule has 1 aliphatic rings. The van der Waals surface area contributed by atoms with Gasteiger partial charge >= 0.3 is 0 Å². The average molecular weight is 569 g/mol. The molecule has 0 spiro atoms. The highest BCUT2D eigenvalue weighted by atomic mass is 32.2. The smallest absolute Gasteiger partial charge is 0.243 e. The van der Waals surface area contributed by atoms with E-state index in [0.29, 0.717) is 5.56 Å². The number of sulfonamides is 1. The van der Waals surface area contributed by atoms with E-state index >= 15 is 0 Å². The van der Waals surface area contributed by atoms with Crippen LogP contribution < -0.4 is 0 Å². The molecule has 9 heteroatoms. The van der Waals surface area contributed by atoms with Crippen LogP contribution in [0.15, 0.2) is 95.9 Å². The van der Waals surface area contributed by atoms with Crippen LogP contribution in [-0.2, 0) is 16.6 Å². The van der Waals surface area contributed by atoms with Crippen LogP contribution in [0.1, 0.15) is 38.3 Å². The molecule has 5 aromatic rings. The summed E-state index contributed by atoms with van der Waals surface area (Å²) in [7, 11) is -4.19. The van der Waals surface area contributed by atoms with Gasteiger partial charge in [-0.3, -0.25) is 9.59 Å². The van der Waals surface area contributed by atoms with Crippen LogP contribution in [0.5, 0.6) is 0 Å². The predicted octanol–water partition coefficient (Wildman–Crippen LogP) is 4.00. The third kappa shape index (κ3) is 4.66. The molecule has 208 valence electrons. The van der Waals surface area contributed by atoms with Gasteiger partial charge in [0.1, 0.15) is 0 Å². The standard InChI is InChI=1S/C32H28N2O6S/c35-17-7-16-33(19-21(36)20-34-29-12-5-3-8-23(29)24-9-4-6-13-30(24)34)41(39,40)22-14-15-27-28(18-22)32(38)26-11-2-1-10-25(26)31(27)37/h1-6,8-15,18,21,35-36H,7,16-17,19-20H2. The Labute approximate surface area is 237 Å². The molecule has 1 atom stereocenters. The molecule has 4 aromatic carbocycles. The number of aliphatic hydroxyl groups is 2. The number of nitrogens with zero attached hydrogens (tertiary/aromatic N) is 2. The van der Waals surface area contributed by atoms with Crippen LogP contribution in [0.3, 0.4) is 0 Å². The fourth-order valence-electron chi connectivity index (χ4n) is 5.65. The third-order valence-corrected chi connectivity index (χ3v) is 9.45. The summed E-state index contributed by atoms with van der Waals surface area (Å²) < 4.78 is 30.8. The minimum absolute atomic E-state index is 0.0303. The number of para-hydroxylation sites is 2. The first kappa shape index (κ1) is 27.0. The van der Waals surface area contributed by atoms with Gasteiger partial charge in [0, 0.05) is 63.8 Å². The van der Waals surface area contributed by atoms with E-state index in [1.807, 2.05) is 53.1 Å². The van der Waals surface area contributed by atoms with Crippen molar-refractivity contribution in [2.24, 2.45) is 0 Å². The minimum atomic E-state index is -4.19. The summed E-state index contributed by atoms with van der Waals surface area (Å²) in [5, 5.41) is 22.8. The van der Waals surface area contributed by atoms with Crippen LogP contribution >= 0.6 is 0 Å². The van der Waals surface area contributed by atoms with Gasteiger partial charge in [0.15, 0.2) is 11.6 Å². The van der Waals surface area contributed by atoms with E-state index in [-0.39, 0.29) is 60.0 Å². The number of ketones is 2. The van der Waals surface area contributed by atoms with E-state index in [4.69, 9.17) is 0 Å². The molecule has 1 heterocycles. The molecule has 0 saturated heterocycles. The fourth-order valence-corrected chi connectivity index (χ4v) is 7.19. The summed E-state index contributed by atoms with van der Waals surface area (Å²) in [6, 6.07) is 26.1. The SMILES string of the molecule is O=C1c2ccccc2C(=O)c2cc(S(=O)(=O)N(CCCO)CC(O)Cn3c4ccccc4c4ccccc43)ccc21. The van der Waals surface area contributed by atoms with E-state index in [9.17, 15) is 28.2 Å². The Bertz CT molecular complexity index is 1870. The molecule has 8 nitrogen and oxygen atoms in total. The van der Waals surface area contributed by atoms with E-state index in [0.717, 1.165) is 26.1 Å². The number of aromatic nitrogens is 1. The van der Waals surface area contributed by atoms with Crippen molar-refractivity contribution < 1.29 is 28.2 Å². The second-order valence-corrected chi connectivity index (χ2v) is 12.1. The van der Waals surface area contributed by atoms with Gasteiger partial charge in [-0.05, 0) is 36.8 Å². The molecule has 0 fully saturated rings. The van der Waals surface area contributed by atoms with Crippen molar-refractivity contribution in [2.45, 2.75) is 24.0 Å². The monoisotopic (exact) mass is 568 g/mol. The molecule has 2 N–H and O–H groups in total. The molecule has 0 aliphatic heterocycles. The summed E-state index contributed by atoms with van der Waals surface area (Å²) in [6.45, 7) is -0.345. The molecule has 0 radical (unpaired) electrons. The lowest BCUT2D eigenvalue weighted by Crippen LogP contribution is -2.40. The van der Waals surface area contributed by atoms with Crippen LogP contribution in [-0.4, -0.2) is 64.9 Å². The second-order valence-electron chi connectivity index (χ2n) is 10.2. The third-order valence-electron chi connectivity index (χ3n) is 7.59. The highest BCUT2D eigenvalue weighted by Gasteiger charge is 2.33. The first-order valence-corrected chi connectivity index (χ1v) is 14.8. The summed E-state index contributed by atoms with van der Waals surface area (Å²) in [4.78, 5) is 26.1. The topological polar surface area (TPSA) is 117 Å². The number of hydrogen-bond acceptors (Lipinski definition) is 6. The molecule has 1 aromatic heterocycles. The lowest BCUT2D eigenvalue weighted by atomic mass is 9.84. The van der Waals surface area contributed by atoms with Crippen molar-refractivity contribution in [2.75, 3.05) is 19.7 Å². The van der Waals surface area contributed by atoms with Crippen molar-refractivity contribution in [3.63, 3.8) is 0 Å². The van der Waals surface area contributed by atoms with Gasteiger partial charge in [-0.15, -0.1) is 0 Å². The number of rotatable bonds is 9. The molecule has 1 unspecified atom stereocenters. The fraction of sp³-hybridized carbons (Fsp3) is 0.188. The lowest BCUT2D eigenvalue weighted by molar-refractivity contribution is 0.0979. The van der Waals surface area contributed by atoms with Crippen molar-refractivity contribution in [3.8, 4) is 0 Å². The van der Waals surface area contributed by atoms with Gasteiger partial charge in [-0.25, -0.2) is 8.42 Å². The summed E-state index contributed by atoms with van der Waals surface area (Å²) >= 11 is 0. The van der Waals surface area contributed by atoms with Crippen LogP contribution in [0.25, 0.3) is 21.8 Å². The van der Waals surface area contributed by atoms with E-state index < -0.39 is 21.9 Å². The lowest BCUT2D eigenvalue weighted by Gasteiger charge is -2.26. The first-order valence-electron chi connectivity index (χ1n) is 13.4. The molecular formula is C32H28N2O6S. The van der Waals surface area contributed by atoms with Crippen molar-refractivity contribution >= 4 is 43.4 Å². The highest BCUT2D eigenvalue weighted by Crippen LogP contribution is 2.31. The predicted molar refractivity (Wildman–Crippen MR) is 156 cm³/mol. The zero-order valence-electron chi connectivity index (χ0n) is 22.1. The largest absolute Gasteiger partial charge is 0.396 e. The van der Waals surface area contributed by atoms with E-state index in [2.05, 4.69) is 0 Å². The molecular weight excluding hydrogens is 540 g/mol. The molecule has 0 saturated carbocycles. The Morgan fingerprint density at radius 2 is 1.27 bits per heavy atom. The second kappa shape index (κ2) is 10.7. The summed E-state index contributed by atoms with van der Waals surface area (Å²) in [5.74, 6) is -0.751. The number of benzene rings is 4. The van der Waals surface area contributed by atoms with Crippen molar-refractivity contribution in [1.82, 2.24) is 8.87 Å². The number of hydrogen-bond donors (Lipinski definition) is 2. The van der Waals surface area contributed by atoms with Gasteiger partial charge in [0.2, 0.25) is 10.0 Å². The number of fused-ring (bicyclic) bond motifs is 5. The molecule has 41 heavy (non-hydrogen) atoms. The Hall–Kier alpha value is -4.15. The quantitative estimate of drug-likeness (QED) is 0.272. The Morgan fingerprint density at radius 3 is 1.88 bits per heavy atom. The zero-order valence-corrected chi connectivity index (χ0v) is 22.9. The average Bonchev–Trinajstić information content (AvgIpc) is 3.31. The molecule has 1 aliphatic carbocycles. The van der Waals surface area contributed by atoms with Gasteiger partial charge in [-0.1, -0.05) is 60.7 Å². The van der Waals surface area contributed by atoms with Crippen LogP contribution in [0.2, 0.25) is 0 Å². The molecule has 6 rings (SSSR count). The Kier molecular flexibility index (Phi) is 7.04. The van der Waals surface area contributed by atoms with Gasteiger partial charge in [-0.2, -0.15) is 4.31 Å². The van der Waals surface area contributed by atoms with Gasteiger partial charge in [0.25, 0.3) is 0 Å². The first-order chi connectivity index (χ1) is 19.8. The van der Waals surface area contributed by atoms with Crippen molar-refractivity contribution in [1.29, 1.82) is 0 Å².